The highest BCUT2D eigenvalue weighted by Gasteiger charge is 2.41. The smallest absolute Gasteiger partial charge is 0.293 e. The van der Waals surface area contributed by atoms with Crippen molar-refractivity contribution in [3.63, 3.8) is 0 Å². The molecule has 3 rings (SSSR count). The fourth-order valence-electron chi connectivity index (χ4n) is 7.39. The fraction of sp³-hybridized carbons (Fsp3) is 0.964. The normalized spacial score (nSPS) is 37.5. The monoisotopic (exact) mass is 468 g/mol. The van der Waals surface area contributed by atoms with Crippen LogP contribution in [-0.4, -0.2) is 43.7 Å². The molecular weight excluding hydrogens is 419 g/mol. The van der Waals surface area contributed by atoms with Crippen molar-refractivity contribution < 1.29 is 23.8 Å². The third kappa shape index (κ3) is 8.49. The molecule has 0 aromatic carbocycles. The van der Waals surface area contributed by atoms with Crippen LogP contribution in [-0.2, 0) is 14.3 Å². The van der Waals surface area contributed by atoms with Crippen LogP contribution in [0, 0.1) is 35.5 Å². The van der Waals surface area contributed by atoms with Crippen molar-refractivity contribution >= 4 is 6.47 Å². The number of ether oxygens (including phenoxy) is 2. The lowest BCUT2D eigenvalue weighted by Crippen LogP contribution is -2.38. The second-order valence-corrected chi connectivity index (χ2v) is 11.3. The number of aliphatic hydroxyl groups is 1. The SMILES string of the molecule is CCC1CC(CCCO)CCC1C1CCC(CCC2CCC(OCCOC=O)CC2)CC1F. The fourth-order valence-corrected chi connectivity index (χ4v) is 7.39. The number of carbonyl (C=O) groups is 1. The largest absolute Gasteiger partial charge is 0.465 e. The van der Waals surface area contributed by atoms with E-state index in [0.29, 0.717) is 56.1 Å². The zero-order chi connectivity index (χ0) is 23.5. The maximum Gasteiger partial charge on any atom is 0.293 e. The van der Waals surface area contributed by atoms with Crippen LogP contribution >= 0.6 is 0 Å². The van der Waals surface area contributed by atoms with E-state index in [1.54, 1.807) is 0 Å². The van der Waals surface area contributed by atoms with Crippen LogP contribution in [0.1, 0.15) is 103 Å². The van der Waals surface area contributed by atoms with E-state index in [1.165, 1.54) is 57.8 Å². The molecule has 0 spiro atoms. The van der Waals surface area contributed by atoms with E-state index in [2.05, 4.69) is 6.92 Å². The Labute approximate surface area is 201 Å². The van der Waals surface area contributed by atoms with Crippen LogP contribution in [0.25, 0.3) is 0 Å². The summed E-state index contributed by atoms with van der Waals surface area (Å²) in [5, 5.41) is 9.15. The molecule has 0 aromatic rings. The summed E-state index contributed by atoms with van der Waals surface area (Å²) >= 11 is 0. The summed E-state index contributed by atoms with van der Waals surface area (Å²) < 4.78 is 25.9. The summed E-state index contributed by atoms with van der Waals surface area (Å²) in [6.45, 7) is 3.92. The molecule has 3 saturated carbocycles. The maximum atomic E-state index is 15.4. The second-order valence-electron chi connectivity index (χ2n) is 11.3. The first-order chi connectivity index (χ1) is 16.1. The summed E-state index contributed by atoms with van der Waals surface area (Å²) in [5.41, 5.74) is 0. The van der Waals surface area contributed by atoms with Gasteiger partial charge in [-0.2, -0.15) is 0 Å². The minimum atomic E-state index is -0.602. The maximum absolute atomic E-state index is 15.4. The van der Waals surface area contributed by atoms with E-state index in [0.717, 1.165) is 50.4 Å². The molecule has 6 atom stereocenters. The summed E-state index contributed by atoms with van der Waals surface area (Å²) in [4.78, 5) is 10.2. The van der Waals surface area contributed by atoms with Crippen LogP contribution in [0.15, 0.2) is 0 Å². The van der Waals surface area contributed by atoms with Crippen LogP contribution in [0.3, 0.4) is 0 Å². The third-order valence-electron chi connectivity index (χ3n) is 9.33. The van der Waals surface area contributed by atoms with Crippen molar-refractivity contribution in [2.24, 2.45) is 35.5 Å². The van der Waals surface area contributed by atoms with Gasteiger partial charge in [0.25, 0.3) is 6.47 Å². The van der Waals surface area contributed by atoms with Crippen LogP contribution in [0.2, 0.25) is 0 Å². The van der Waals surface area contributed by atoms with E-state index >= 15 is 4.39 Å². The predicted molar refractivity (Wildman–Crippen MR) is 130 cm³/mol. The highest BCUT2D eigenvalue weighted by Crippen LogP contribution is 2.48. The molecule has 3 fully saturated rings. The molecule has 0 aromatic heterocycles. The lowest BCUT2D eigenvalue weighted by atomic mass is 9.62. The Hall–Kier alpha value is -0.680. The van der Waals surface area contributed by atoms with Gasteiger partial charge in [0, 0.05) is 6.61 Å². The molecule has 0 amide bonds. The van der Waals surface area contributed by atoms with Crippen LogP contribution < -0.4 is 0 Å². The quantitative estimate of drug-likeness (QED) is 0.248. The molecule has 0 heterocycles. The molecule has 3 aliphatic carbocycles. The molecule has 4 nitrogen and oxygen atoms in total. The van der Waals surface area contributed by atoms with Crippen molar-refractivity contribution in [3.8, 4) is 0 Å². The molecule has 0 bridgehead atoms. The van der Waals surface area contributed by atoms with Gasteiger partial charge in [-0.3, -0.25) is 4.79 Å². The molecular formula is C28H49FO4. The first kappa shape index (κ1) is 26.9. The Morgan fingerprint density at radius 2 is 1.52 bits per heavy atom. The first-order valence-electron chi connectivity index (χ1n) is 14.1. The van der Waals surface area contributed by atoms with Crippen LogP contribution in [0.5, 0.6) is 0 Å². The second kappa shape index (κ2) is 14.7. The molecule has 1 N–H and O–H groups in total. The van der Waals surface area contributed by atoms with Gasteiger partial charge >= 0.3 is 0 Å². The molecule has 5 heteroatoms. The van der Waals surface area contributed by atoms with Crippen molar-refractivity contribution in [1.82, 2.24) is 0 Å². The number of carbonyl (C=O) groups excluding carboxylic acids is 1. The van der Waals surface area contributed by atoms with Gasteiger partial charge < -0.3 is 14.6 Å². The van der Waals surface area contributed by atoms with Gasteiger partial charge in [-0.15, -0.1) is 0 Å². The van der Waals surface area contributed by atoms with E-state index in [1.807, 2.05) is 0 Å². The average molecular weight is 469 g/mol. The number of aliphatic hydroxyl groups excluding tert-OH is 1. The molecule has 3 aliphatic rings. The third-order valence-corrected chi connectivity index (χ3v) is 9.33. The van der Waals surface area contributed by atoms with Gasteiger partial charge in [0.05, 0.1) is 12.7 Å². The summed E-state index contributed by atoms with van der Waals surface area (Å²) in [6, 6.07) is 0. The highest BCUT2D eigenvalue weighted by molar-refractivity contribution is 5.36. The van der Waals surface area contributed by atoms with E-state index in [-0.39, 0.29) is 0 Å². The minimum absolute atomic E-state index is 0.292. The lowest BCUT2D eigenvalue weighted by molar-refractivity contribution is -0.131. The van der Waals surface area contributed by atoms with E-state index in [4.69, 9.17) is 14.6 Å². The topological polar surface area (TPSA) is 55.8 Å². The van der Waals surface area contributed by atoms with E-state index < -0.39 is 6.17 Å². The standard InChI is InChI=1S/C28H49FO4/c1-2-24-18-22(4-3-15-30)9-13-26(24)27-14-10-23(19-28(27)29)6-5-21-7-11-25(12-8-21)33-17-16-32-20-31/h20-28,30H,2-19H2,1H3. The Morgan fingerprint density at radius 3 is 2.18 bits per heavy atom. The van der Waals surface area contributed by atoms with E-state index in [9.17, 15) is 4.79 Å². The highest BCUT2D eigenvalue weighted by atomic mass is 19.1. The van der Waals surface area contributed by atoms with Gasteiger partial charge in [0.1, 0.15) is 12.8 Å². The van der Waals surface area contributed by atoms with Gasteiger partial charge in [0.15, 0.2) is 0 Å². The number of alkyl halides is 1. The Kier molecular flexibility index (Phi) is 12.0. The minimum Gasteiger partial charge on any atom is -0.465 e. The van der Waals surface area contributed by atoms with Crippen molar-refractivity contribution in [3.05, 3.63) is 0 Å². The summed E-state index contributed by atoms with van der Waals surface area (Å²) in [5.74, 6) is 3.66. The number of hydrogen-bond donors (Lipinski definition) is 1. The molecule has 0 radical (unpaired) electrons. The molecule has 0 saturated heterocycles. The lowest BCUT2D eigenvalue weighted by Gasteiger charge is -2.44. The molecule has 0 aliphatic heterocycles. The average Bonchev–Trinajstić information content (AvgIpc) is 2.85. The number of hydrogen-bond acceptors (Lipinski definition) is 4. The van der Waals surface area contributed by atoms with Gasteiger partial charge in [-0.05, 0) is 106 Å². The van der Waals surface area contributed by atoms with Gasteiger partial charge in [0.2, 0.25) is 0 Å². The van der Waals surface area contributed by atoms with Crippen molar-refractivity contribution in [2.45, 2.75) is 116 Å². The predicted octanol–water partition coefficient (Wildman–Crippen LogP) is 6.48. The zero-order valence-electron chi connectivity index (χ0n) is 21.0. The molecule has 6 unspecified atom stereocenters. The summed E-state index contributed by atoms with van der Waals surface area (Å²) in [7, 11) is 0. The zero-order valence-corrected chi connectivity index (χ0v) is 21.0. The van der Waals surface area contributed by atoms with Gasteiger partial charge in [-0.1, -0.05) is 32.6 Å². The Morgan fingerprint density at radius 1 is 0.848 bits per heavy atom. The first-order valence-corrected chi connectivity index (χ1v) is 14.1. The number of rotatable bonds is 13. The van der Waals surface area contributed by atoms with Crippen molar-refractivity contribution in [1.29, 1.82) is 0 Å². The van der Waals surface area contributed by atoms with Crippen LogP contribution in [0.4, 0.5) is 4.39 Å². The molecule has 192 valence electrons. The Balaban J connectivity index is 1.34. The Bertz CT molecular complexity index is 536. The summed E-state index contributed by atoms with van der Waals surface area (Å²) in [6.07, 6.45) is 16.8. The number of halogens is 1. The molecule has 33 heavy (non-hydrogen) atoms. The van der Waals surface area contributed by atoms with Gasteiger partial charge in [-0.25, -0.2) is 4.39 Å². The van der Waals surface area contributed by atoms with Crippen molar-refractivity contribution in [2.75, 3.05) is 19.8 Å².